The fraction of sp³-hybridized carbons (Fsp3) is 0.208. The van der Waals surface area contributed by atoms with E-state index in [2.05, 4.69) is 23.5 Å². The Morgan fingerprint density at radius 1 is 1.06 bits per heavy atom. The van der Waals surface area contributed by atoms with Gasteiger partial charge >= 0.3 is 0 Å². The Morgan fingerprint density at radius 3 is 2.71 bits per heavy atom. The zero-order valence-corrected chi connectivity index (χ0v) is 18.1. The molecule has 0 radical (unpaired) electrons. The van der Waals surface area contributed by atoms with Gasteiger partial charge < -0.3 is 4.74 Å². The maximum Gasteiger partial charge on any atom is 0.276 e. The third-order valence-corrected chi connectivity index (χ3v) is 6.03. The normalized spacial score (nSPS) is 17.4. The van der Waals surface area contributed by atoms with Crippen molar-refractivity contribution in [3.63, 3.8) is 0 Å². The van der Waals surface area contributed by atoms with Crippen molar-refractivity contribution in [3.8, 4) is 5.75 Å². The molecule has 0 aliphatic carbocycles. The van der Waals surface area contributed by atoms with Crippen molar-refractivity contribution in [2.24, 2.45) is 10.1 Å². The quantitative estimate of drug-likeness (QED) is 0.691. The van der Waals surface area contributed by atoms with Gasteiger partial charge in [-0.3, -0.25) is 15.1 Å². The number of carbonyl (C=O) groups is 1. The van der Waals surface area contributed by atoms with E-state index in [1.165, 1.54) is 11.8 Å². The van der Waals surface area contributed by atoms with E-state index in [9.17, 15) is 4.79 Å². The molecule has 0 spiro atoms. The fourth-order valence-electron chi connectivity index (χ4n) is 4.04. The number of para-hydroxylation sites is 1. The van der Waals surface area contributed by atoms with Gasteiger partial charge in [-0.05, 0) is 35.6 Å². The molecule has 0 fully saturated rings. The molecule has 0 unspecified atom stereocenters. The van der Waals surface area contributed by atoms with Crippen LogP contribution in [0.4, 0.5) is 0 Å². The summed E-state index contributed by atoms with van der Waals surface area (Å²) < 4.78 is 6.02. The highest BCUT2D eigenvalue weighted by Crippen LogP contribution is 2.40. The number of amidine groups is 1. The number of ether oxygens (including phenoxy) is 1. The molecule has 2 heterocycles. The Balaban J connectivity index is 1.82. The van der Waals surface area contributed by atoms with Crippen LogP contribution in [0, 0.1) is 0 Å². The summed E-state index contributed by atoms with van der Waals surface area (Å²) in [5.74, 6) is 1.38. The Hall–Kier alpha value is -3.32. The molecule has 2 aliphatic rings. The maximum absolute atomic E-state index is 13.2. The molecule has 3 aromatic rings. The van der Waals surface area contributed by atoms with Crippen molar-refractivity contribution in [3.05, 3.63) is 76.8 Å². The number of thioether (sulfide) groups is 1. The van der Waals surface area contributed by atoms with Gasteiger partial charge in [0.15, 0.2) is 11.3 Å². The molecule has 5 rings (SSSR count). The standard InChI is InChI=1S/C24H22N4O2S/c1-3-30-19-14-13-15-9-5-6-10-16(15)20(19)22-25-18-12-8-7-11-17(18)21-23(29)26-24(31-4-2)27-28(21)22/h5-14,22H,3-4H2,1-2H3,(H,26,27,29)/t22-/m1/s1. The lowest BCUT2D eigenvalue weighted by atomic mass is 9.99. The predicted molar refractivity (Wildman–Crippen MR) is 124 cm³/mol. The van der Waals surface area contributed by atoms with Crippen molar-refractivity contribution in [1.29, 1.82) is 0 Å². The molecule has 156 valence electrons. The van der Waals surface area contributed by atoms with Crippen LogP contribution in [0.2, 0.25) is 0 Å². The summed E-state index contributed by atoms with van der Waals surface area (Å²) in [6, 6.07) is 19.9. The van der Waals surface area contributed by atoms with Gasteiger partial charge in [0.05, 0.1) is 12.0 Å². The second-order valence-corrected chi connectivity index (χ2v) is 8.39. The Bertz CT molecular complexity index is 1330. The van der Waals surface area contributed by atoms with Crippen molar-refractivity contribution in [2.75, 3.05) is 12.4 Å². The van der Waals surface area contributed by atoms with Crippen LogP contribution in [0.5, 0.6) is 5.75 Å². The molecule has 6 nitrogen and oxygen atoms in total. The van der Waals surface area contributed by atoms with Crippen LogP contribution in [0.25, 0.3) is 16.5 Å². The first-order chi connectivity index (χ1) is 15.2. The van der Waals surface area contributed by atoms with Crippen LogP contribution in [0.3, 0.4) is 0 Å². The largest absolute Gasteiger partial charge is 0.493 e. The van der Waals surface area contributed by atoms with Gasteiger partial charge in [0.2, 0.25) is 0 Å². The number of hydrogen-bond donors (Lipinski definition) is 1. The molecule has 1 atom stereocenters. The number of fused-ring (bicyclic) bond motifs is 3. The lowest BCUT2D eigenvalue weighted by Gasteiger charge is -2.35. The van der Waals surface area contributed by atoms with E-state index in [0.717, 1.165) is 38.4 Å². The molecule has 0 saturated heterocycles. The number of nitrogens with one attached hydrogen (secondary N) is 1. The number of carbonyl (C=O) groups excluding carboxylic acids is 1. The van der Waals surface area contributed by atoms with Gasteiger partial charge in [0.25, 0.3) is 5.91 Å². The number of nitrogens with zero attached hydrogens (tertiary/aromatic N) is 3. The number of hydrogen-bond acceptors (Lipinski definition) is 6. The highest BCUT2D eigenvalue weighted by atomic mass is 32.2. The zero-order chi connectivity index (χ0) is 21.4. The molecular formula is C24H22N4O2S. The number of amides is 1. The van der Waals surface area contributed by atoms with Gasteiger partial charge in [-0.15, -0.1) is 5.10 Å². The van der Waals surface area contributed by atoms with E-state index in [4.69, 9.17) is 14.8 Å². The van der Waals surface area contributed by atoms with E-state index < -0.39 is 6.17 Å². The van der Waals surface area contributed by atoms with Gasteiger partial charge in [-0.25, -0.2) is 5.01 Å². The van der Waals surface area contributed by atoms with Crippen molar-refractivity contribution in [1.82, 2.24) is 10.3 Å². The summed E-state index contributed by atoms with van der Waals surface area (Å²) in [6.07, 6.45) is -0.518. The molecule has 1 N–H and O–H groups in total. The van der Waals surface area contributed by atoms with Crippen LogP contribution in [0.15, 0.2) is 70.8 Å². The van der Waals surface area contributed by atoms with Gasteiger partial charge in [-0.2, -0.15) is 0 Å². The van der Waals surface area contributed by atoms with E-state index in [0.29, 0.717) is 17.5 Å². The minimum atomic E-state index is -0.518. The molecular weight excluding hydrogens is 408 g/mol. The molecule has 31 heavy (non-hydrogen) atoms. The second-order valence-electron chi connectivity index (χ2n) is 7.14. The molecule has 1 amide bonds. The van der Waals surface area contributed by atoms with E-state index in [-0.39, 0.29) is 5.91 Å². The van der Waals surface area contributed by atoms with Crippen LogP contribution in [0.1, 0.15) is 25.6 Å². The lowest BCUT2D eigenvalue weighted by Crippen LogP contribution is -2.50. The number of hydrazone groups is 1. The van der Waals surface area contributed by atoms with Crippen molar-refractivity contribution < 1.29 is 9.53 Å². The molecule has 0 saturated carbocycles. The molecule has 0 bridgehead atoms. The van der Waals surface area contributed by atoms with Crippen LogP contribution in [-0.4, -0.2) is 28.4 Å². The Labute approximate surface area is 184 Å². The maximum atomic E-state index is 13.2. The SMILES string of the molecule is CCOc1ccc2ccccc2c1[C@@H]1N=c2ccccc2=C2C(=O)NC(SCC)=NN21. The van der Waals surface area contributed by atoms with Crippen molar-refractivity contribution >= 4 is 39.3 Å². The minimum Gasteiger partial charge on any atom is -0.493 e. The fourth-order valence-corrected chi connectivity index (χ4v) is 4.62. The summed E-state index contributed by atoms with van der Waals surface area (Å²) in [7, 11) is 0. The zero-order valence-electron chi connectivity index (χ0n) is 17.3. The van der Waals surface area contributed by atoms with E-state index >= 15 is 0 Å². The topological polar surface area (TPSA) is 66.3 Å². The lowest BCUT2D eigenvalue weighted by molar-refractivity contribution is -0.116. The second kappa shape index (κ2) is 8.07. The monoisotopic (exact) mass is 430 g/mol. The Morgan fingerprint density at radius 2 is 1.87 bits per heavy atom. The third-order valence-electron chi connectivity index (χ3n) is 5.29. The summed E-state index contributed by atoms with van der Waals surface area (Å²) >= 11 is 1.50. The first kappa shape index (κ1) is 19.6. The summed E-state index contributed by atoms with van der Waals surface area (Å²) in [5, 5.41) is 13.7. The van der Waals surface area contributed by atoms with E-state index in [1.807, 2.05) is 56.3 Å². The highest BCUT2D eigenvalue weighted by Gasteiger charge is 2.36. The summed E-state index contributed by atoms with van der Waals surface area (Å²) in [5.41, 5.74) is 1.41. The number of benzene rings is 3. The van der Waals surface area contributed by atoms with Gasteiger partial charge in [0, 0.05) is 10.8 Å². The van der Waals surface area contributed by atoms with Gasteiger partial charge in [-0.1, -0.05) is 67.2 Å². The smallest absolute Gasteiger partial charge is 0.276 e. The van der Waals surface area contributed by atoms with Crippen LogP contribution in [-0.2, 0) is 4.79 Å². The summed E-state index contributed by atoms with van der Waals surface area (Å²) in [6.45, 7) is 4.53. The third kappa shape index (κ3) is 3.35. The average Bonchev–Trinajstić information content (AvgIpc) is 2.79. The molecule has 7 heteroatoms. The minimum absolute atomic E-state index is 0.170. The molecule has 2 aliphatic heterocycles. The predicted octanol–water partition coefficient (Wildman–Crippen LogP) is 3.13. The molecule has 0 aromatic heterocycles. The first-order valence-corrected chi connectivity index (χ1v) is 11.3. The molecule has 3 aromatic carbocycles. The van der Waals surface area contributed by atoms with Crippen LogP contribution >= 0.6 is 11.8 Å². The number of rotatable bonds is 4. The van der Waals surface area contributed by atoms with Gasteiger partial charge in [0.1, 0.15) is 11.4 Å². The summed E-state index contributed by atoms with van der Waals surface area (Å²) in [4.78, 5) is 18.2. The first-order valence-electron chi connectivity index (χ1n) is 10.3. The van der Waals surface area contributed by atoms with E-state index in [1.54, 1.807) is 5.01 Å². The van der Waals surface area contributed by atoms with Crippen LogP contribution < -0.4 is 20.6 Å². The average molecular weight is 431 g/mol. The highest BCUT2D eigenvalue weighted by molar-refractivity contribution is 8.13. The van der Waals surface area contributed by atoms with Crippen molar-refractivity contribution in [2.45, 2.75) is 20.0 Å². The Kier molecular flexibility index (Phi) is 5.11.